The molecule has 0 aliphatic rings. The molecule has 1 aromatic carbocycles. The van der Waals surface area contributed by atoms with Crippen molar-refractivity contribution < 1.29 is 4.74 Å². The van der Waals surface area contributed by atoms with Gasteiger partial charge >= 0.3 is 0 Å². The zero-order valence-electron chi connectivity index (χ0n) is 14.2. The summed E-state index contributed by atoms with van der Waals surface area (Å²) in [4.78, 5) is 2.42. The molecule has 0 aliphatic carbocycles. The predicted octanol–water partition coefficient (Wildman–Crippen LogP) is 3.29. The second-order valence-electron chi connectivity index (χ2n) is 5.91. The molecule has 0 fully saturated rings. The maximum Gasteiger partial charge on any atom is 0.0593 e. The van der Waals surface area contributed by atoms with Gasteiger partial charge in [0.15, 0.2) is 0 Å². The van der Waals surface area contributed by atoms with E-state index in [0.29, 0.717) is 5.92 Å². The lowest BCUT2D eigenvalue weighted by molar-refractivity contribution is 0.113. The van der Waals surface area contributed by atoms with Crippen molar-refractivity contribution in [3.63, 3.8) is 0 Å². The molecule has 0 heterocycles. The van der Waals surface area contributed by atoms with Crippen molar-refractivity contribution in [3.8, 4) is 0 Å². The Morgan fingerprint density at radius 3 is 2.33 bits per heavy atom. The van der Waals surface area contributed by atoms with E-state index in [1.807, 2.05) is 6.92 Å². The third kappa shape index (κ3) is 8.20. The van der Waals surface area contributed by atoms with E-state index in [1.54, 1.807) is 0 Å². The average molecular weight is 292 g/mol. The normalized spacial score (nSPS) is 11.5. The zero-order valence-corrected chi connectivity index (χ0v) is 14.2. The minimum Gasteiger partial charge on any atom is -0.380 e. The second-order valence-corrected chi connectivity index (χ2v) is 5.91. The maximum atomic E-state index is 5.44. The number of hydrogen-bond acceptors (Lipinski definition) is 3. The van der Waals surface area contributed by atoms with E-state index in [9.17, 15) is 0 Å². The first kappa shape index (κ1) is 18.1. The fourth-order valence-electron chi connectivity index (χ4n) is 2.21. The van der Waals surface area contributed by atoms with Crippen molar-refractivity contribution in [1.82, 2.24) is 10.2 Å². The van der Waals surface area contributed by atoms with E-state index < -0.39 is 0 Å². The monoisotopic (exact) mass is 292 g/mol. The molecule has 0 saturated carbocycles. The lowest BCUT2D eigenvalue weighted by atomic mass is 10.1. The van der Waals surface area contributed by atoms with Gasteiger partial charge in [-0.1, -0.05) is 45.0 Å². The Kier molecular flexibility index (Phi) is 9.31. The summed E-state index contributed by atoms with van der Waals surface area (Å²) >= 11 is 0. The minimum atomic E-state index is 0.702. The molecule has 3 heteroatoms. The van der Waals surface area contributed by atoms with Crippen molar-refractivity contribution in [2.75, 3.05) is 32.8 Å². The van der Waals surface area contributed by atoms with Gasteiger partial charge in [0.25, 0.3) is 0 Å². The third-order valence-electron chi connectivity index (χ3n) is 3.51. The van der Waals surface area contributed by atoms with E-state index in [1.165, 1.54) is 11.1 Å². The van der Waals surface area contributed by atoms with Gasteiger partial charge in [0, 0.05) is 26.2 Å². The van der Waals surface area contributed by atoms with Gasteiger partial charge < -0.3 is 10.1 Å². The first-order valence-electron chi connectivity index (χ1n) is 8.24. The Bertz CT molecular complexity index is 362. The first-order chi connectivity index (χ1) is 10.2. The highest BCUT2D eigenvalue weighted by Gasteiger charge is 2.04. The molecule has 0 spiro atoms. The molecule has 0 atom stereocenters. The fraction of sp³-hybridized carbons (Fsp3) is 0.667. The van der Waals surface area contributed by atoms with E-state index in [0.717, 1.165) is 45.9 Å². The molecule has 120 valence electrons. The highest BCUT2D eigenvalue weighted by Crippen LogP contribution is 2.08. The van der Waals surface area contributed by atoms with Crippen LogP contribution in [0.5, 0.6) is 0 Å². The standard InChI is InChI=1S/C18H32N2O/c1-5-20(11-12-21-6-2)15-18-9-7-17(8-10-18)14-19-13-16(3)4/h7-10,16,19H,5-6,11-15H2,1-4H3. The van der Waals surface area contributed by atoms with Crippen LogP contribution < -0.4 is 5.32 Å². The van der Waals surface area contributed by atoms with Crippen LogP contribution in [0.15, 0.2) is 24.3 Å². The van der Waals surface area contributed by atoms with E-state index in [-0.39, 0.29) is 0 Å². The Balaban J connectivity index is 2.38. The van der Waals surface area contributed by atoms with Crippen LogP contribution in [0, 0.1) is 5.92 Å². The molecular weight excluding hydrogens is 260 g/mol. The fourth-order valence-corrected chi connectivity index (χ4v) is 2.21. The van der Waals surface area contributed by atoms with Crippen LogP contribution in [-0.4, -0.2) is 37.7 Å². The van der Waals surface area contributed by atoms with Crippen molar-refractivity contribution in [1.29, 1.82) is 0 Å². The van der Waals surface area contributed by atoms with Crippen LogP contribution in [0.3, 0.4) is 0 Å². The van der Waals surface area contributed by atoms with Crippen LogP contribution in [0.4, 0.5) is 0 Å². The molecule has 1 aromatic rings. The summed E-state index contributed by atoms with van der Waals surface area (Å²) < 4.78 is 5.44. The summed E-state index contributed by atoms with van der Waals surface area (Å²) in [6.45, 7) is 15.4. The third-order valence-corrected chi connectivity index (χ3v) is 3.51. The van der Waals surface area contributed by atoms with Crippen LogP contribution in [0.2, 0.25) is 0 Å². The molecule has 1 rings (SSSR count). The van der Waals surface area contributed by atoms with Gasteiger partial charge in [-0.2, -0.15) is 0 Å². The summed E-state index contributed by atoms with van der Waals surface area (Å²) in [5.41, 5.74) is 2.73. The number of benzene rings is 1. The number of likely N-dealkylation sites (N-methyl/N-ethyl adjacent to an activating group) is 1. The first-order valence-corrected chi connectivity index (χ1v) is 8.24. The summed E-state index contributed by atoms with van der Waals surface area (Å²) in [6, 6.07) is 8.96. The van der Waals surface area contributed by atoms with Crippen LogP contribution in [0.1, 0.15) is 38.8 Å². The summed E-state index contributed by atoms with van der Waals surface area (Å²) in [7, 11) is 0. The smallest absolute Gasteiger partial charge is 0.0593 e. The molecular formula is C18H32N2O. The van der Waals surface area contributed by atoms with E-state index in [2.05, 4.69) is 55.3 Å². The zero-order chi connectivity index (χ0) is 15.5. The predicted molar refractivity (Wildman–Crippen MR) is 90.4 cm³/mol. The SMILES string of the molecule is CCOCCN(CC)Cc1ccc(CNCC(C)C)cc1. The number of hydrogen-bond donors (Lipinski definition) is 1. The molecule has 0 radical (unpaired) electrons. The van der Waals surface area contributed by atoms with E-state index >= 15 is 0 Å². The van der Waals surface area contributed by atoms with Crippen molar-refractivity contribution in [3.05, 3.63) is 35.4 Å². The highest BCUT2D eigenvalue weighted by molar-refractivity contribution is 5.22. The Morgan fingerprint density at radius 2 is 1.76 bits per heavy atom. The van der Waals surface area contributed by atoms with Gasteiger partial charge in [-0.3, -0.25) is 4.90 Å². The quantitative estimate of drug-likeness (QED) is 0.633. The Labute approximate surface area is 130 Å². The van der Waals surface area contributed by atoms with Gasteiger partial charge in [0.05, 0.1) is 6.61 Å². The number of nitrogens with zero attached hydrogens (tertiary/aromatic N) is 1. The highest BCUT2D eigenvalue weighted by atomic mass is 16.5. The molecule has 1 N–H and O–H groups in total. The second kappa shape index (κ2) is 10.8. The minimum absolute atomic E-state index is 0.702. The summed E-state index contributed by atoms with van der Waals surface area (Å²) in [5.74, 6) is 0.702. The molecule has 0 unspecified atom stereocenters. The Hall–Kier alpha value is -0.900. The summed E-state index contributed by atoms with van der Waals surface area (Å²) in [5, 5.41) is 3.48. The number of nitrogens with one attached hydrogen (secondary N) is 1. The van der Waals surface area contributed by atoms with Crippen molar-refractivity contribution >= 4 is 0 Å². The average Bonchev–Trinajstić information content (AvgIpc) is 2.47. The van der Waals surface area contributed by atoms with Gasteiger partial charge in [-0.05, 0) is 37.1 Å². The number of rotatable bonds is 11. The van der Waals surface area contributed by atoms with Gasteiger partial charge in [0.2, 0.25) is 0 Å². The summed E-state index contributed by atoms with van der Waals surface area (Å²) in [6.07, 6.45) is 0. The maximum absolute atomic E-state index is 5.44. The van der Waals surface area contributed by atoms with Crippen LogP contribution in [0.25, 0.3) is 0 Å². The molecule has 3 nitrogen and oxygen atoms in total. The van der Waals surface area contributed by atoms with E-state index in [4.69, 9.17) is 4.74 Å². The topological polar surface area (TPSA) is 24.5 Å². The van der Waals surface area contributed by atoms with Crippen LogP contribution >= 0.6 is 0 Å². The van der Waals surface area contributed by atoms with Crippen molar-refractivity contribution in [2.24, 2.45) is 5.92 Å². The van der Waals surface area contributed by atoms with Crippen LogP contribution in [-0.2, 0) is 17.8 Å². The molecule has 0 amide bonds. The molecule has 21 heavy (non-hydrogen) atoms. The van der Waals surface area contributed by atoms with Crippen molar-refractivity contribution in [2.45, 2.75) is 40.8 Å². The lowest BCUT2D eigenvalue weighted by Crippen LogP contribution is -2.27. The molecule has 0 bridgehead atoms. The van der Waals surface area contributed by atoms with Gasteiger partial charge in [-0.15, -0.1) is 0 Å². The molecule has 0 aromatic heterocycles. The lowest BCUT2D eigenvalue weighted by Gasteiger charge is -2.20. The number of ether oxygens (including phenoxy) is 1. The Morgan fingerprint density at radius 1 is 1.10 bits per heavy atom. The largest absolute Gasteiger partial charge is 0.380 e. The molecule has 0 saturated heterocycles. The van der Waals surface area contributed by atoms with Gasteiger partial charge in [-0.25, -0.2) is 0 Å². The van der Waals surface area contributed by atoms with Gasteiger partial charge in [0.1, 0.15) is 0 Å². The molecule has 0 aliphatic heterocycles.